The third kappa shape index (κ3) is 29.7. The van der Waals surface area contributed by atoms with Gasteiger partial charge in [-0.1, -0.05) is 158 Å². The van der Waals surface area contributed by atoms with Crippen LogP contribution in [-0.2, 0) is 28.9 Å². The maximum absolute atomic E-state index is 13.1. The van der Waals surface area contributed by atoms with Gasteiger partial charge in [0, 0.05) is 0 Å². The van der Waals surface area contributed by atoms with Crippen LogP contribution in [0.4, 0.5) is 0 Å². The Bertz CT molecular complexity index is 1340. The van der Waals surface area contributed by atoms with E-state index < -0.39 is 78.5 Å². The molecular weight excluding hydrogens is 803 g/mol. The molecule has 1 aliphatic heterocycles. The topological polar surface area (TPSA) is 212 Å². The first-order valence-corrected chi connectivity index (χ1v) is 24.7. The number of ether oxygens (including phenoxy) is 2. The van der Waals surface area contributed by atoms with Crippen LogP contribution in [0.1, 0.15) is 168 Å². The molecule has 13 nitrogen and oxygen atoms in total. The third-order valence-corrected chi connectivity index (χ3v) is 11.1. The minimum atomic E-state index is -5.13. The minimum Gasteiger partial charge on any atom is -0.394 e. The molecule has 1 aliphatic rings. The Morgan fingerprint density at radius 3 is 1.70 bits per heavy atom. The van der Waals surface area contributed by atoms with Gasteiger partial charge in [-0.25, -0.2) is 4.18 Å². The van der Waals surface area contributed by atoms with E-state index in [1.54, 1.807) is 6.08 Å². The van der Waals surface area contributed by atoms with E-state index in [-0.39, 0.29) is 6.42 Å². The van der Waals surface area contributed by atoms with Gasteiger partial charge in [0.25, 0.3) is 0 Å². The van der Waals surface area contributed by atoms with Gasteiger partial charge in [0.05, 0.1) is 25.4 Å². The summed E-state index contributed by atoms with van der Waals surface area (Å²) in [6.45, 7) is 3.13. The molecule has 0 bridgehead atoms. The van der Waals surface area contributed by atoms with E-state index in [0.717, 1.165) is 64.2 Å². The fraction of sp³-hybridized carbons (Fsp3) is 0.766. The number of unbranched alkanes of at least 4 members (excludes halogenated alkanes) is 18. The molecule has 61 heavy (non-hydrogen) atoms. The van der Waals surface area contributed by atoms with Crippen LogP contribution < -0.4 is 5.32 Å². The lowest BCUT2D eigenvalue weighted by Gasteiger charge is -2.41. The monoisotopic (exact) mass is 886 g/mol. The van der Waals surface area contributed by atoms with Crippen LogP contribution in [0.25, 0.3) is 0 Å². The summed E-state index contributed by atoms with van der Waals surface area (Å²) in [7, 11) is -5.13. The maximum Gasteiger partial charge on any atom is 0.397 e. The van der Waals surface area contributed by atoms with Crippen molar-refractivity contribution in [3.63, 3.8) is 0 Å². The number of rotatable bonds is 38. The molecule has 1 fully saturated rings. The average molecular weight is 886 g/mol. The summed E-state index contributed by atoms with van der Waals surface area (Å²) in [4.78, 5) is 13.1. The van der Waals surface area contributed by atoms with Crippen molar-refractivity contribution >= 4 is 16.3 Å². The SMILES string of the molecule is CCCCC/C=C\C=C/CCCCCCCCCCCC(O)C(=O)NC(COC1OC(CO)C(O)C(OS(=O)(=O)O)C1O)C(O)/C=C/CC/C=C/CC/C=C/CCCCCC. The lowest BCUT2D eigenvalue weighted by atomic mass is 9.99. The molecule has 0 saturated carbocycles. The Morgan fingerprint density at radius 1 is 0.672 bits per heavy atom. The predicted octanol–water partition coefficient (Wildman–Crippen LogP) is 8.02. The molecule has 0 spiro atoms. The Balaban J connectivity index is 2.61. The van der Waals surface area contributed by atoms with Gasteiger partial charge in [-0.15, -0.1) is 0 Å². The van der Waals surface area contributed by atoms with Crippen LogP contribution in [0.3, 0.4) is 0 Å². The molecule has 0 aromatic rings. The van der Waals surface area contributed by atoms with Gasteiger partial charge < -0.3 is 40.3 Å². The number of carbonyl (C=O) groups is 1. The molecule has 8 atom stereocenters. The van der Waals surface area contributed by atoms with Crippen molar-refractivity contribution in [1.82, 2.24) is 5.32 Å². The Labute approximate surface area is 368 Å². The number of aliphatic hydroxyl groups is 5. The summed E-state index contributed by atoms with van der Waals surface area (Å²) in [6.07, 6.45) is 34.4. The second-order valence-corrected chi connectivity index (χ2v) is 17.2. The number of amides is 1. The van der Waals surface area contributed by atoms with Crippen molar-refractivity contribution in [3.8, 4) is 0 Å². The van der Waals surface area contributed by atoms with Crippen LogP contribution in [-0.4, -0.2) is 107 Å². The maximum atomic E-state index is 13.1. The third-order valence-electron chi connectivity index (χ3n) is 10.6. The second kappa shape index (κ2) is 37.2. The molecule has 1 amide bonds. The van der Waals surface area contributed by atoms with Gasteiger partial charge in [0.1, 0.15) is 30.5 Å². The molecule has 1 saturated heterocycles. The number of hydrogen-bond donors (Lipinski definition) is 7. The quantitative estimate of drug-likeness (QED) is 0.0136. The molecule has 1 heterocycles. The van der Waals surface area contributed by atoms with Gasteiger partial charge in [0.15, 0.2) is 6.29 Å². The summed E-state index contributed by atoms with van der Waals surface area (Å²) >= 11 is 0. The van der Waals surface area contributed by atoms with Crippen LogP contribution in [0.15, 0.2) is 60.8 Å². The van der Waals surface area contributed by atoms with Crippen molar-refractivity contribution in [1.29, 1.82) is 0 Å². The van der Waals surface area contributed by atoms with Crippen LogP contribution in [0, 0.1) is 0 Å². The molecule has 0 aromatic carbocycles. The fourth-order valence-corrected chi connectivity index (χ4v) is 7.40. The smallest absolute Gasteiger partial charge is 0.394 e. The second-order valence-electron chi connectivity index (χ2n) is 16.1. The molecule has 8 unspecified atom stereocenters. The normalized spacial score (nSPS) is 21.7. The Morgan fingerprint density at radius 2 is 1.15 bits per heavy atom. The molecular formula is C47H83NO12S. The zero-order valence-electron chi connectivity index (χ0n) is 37.3. The first-order valence-electron chi connectivity index (χ1n) is 23.3. The van der Waals surface area contributed by atoms with E-state index in [2.05, 4.69) is 72.0 Å². The highest BCUT2D eigenvalue weighted by atomic mass is 32.3. The van der Waals surface area contributed by atoms with Crippen LogP contribution >= 0.6 is 0 Å². The van der Waals surface area contributed by atoms with E-state index in [0.29, 0.717) is 12.8 Å². The first-order chi connectivity index (χ1) is 29.4. The minimum absolute atomic E-state index is 0.225. The Kier molecular flexibility index (Phi) is 34.6. The highest BCUT2D eigenvalue weighted by Crippen LogP contribution is 2.26. The van der Waals surface area contributed by atoms with Gasteiger partial charge >= 0.3 is 10.4 Å². The molecule has 1 rings (SSSR count). The van der Waals surface area contributed by atoms with E-state index >= 15 is 0 Å². The summed E-state index contributed by atoms with van der Waals surface area (Å²) in [5.74, 6) is -0.724. The highest BCUT2D eigenvalue weighted by Gasteiger charge is 2.48. The van der Waals surface area contributed by atoms with Gasteiger partial charge in [-0.3, -0.25) is 9.35 Å². The van der Waals surface area contributed by atoms with Gasteiger partial charge in [-0.2, -0.15) is 8.42 Å². The number of carbonyl (C=O) groups excluding carboxylic acids is 1. The van der Waals surface area contributed by atoms with Crippen LogP contribution in [0.2, 0.25) is 0 Å². The van der Waals surface area contributed by atoms with Crippen molar-refractivity contribution in [2.75, 3.05) is 13.2 Å². The van der Waals surface area contributed by atoms with Crippen molar-refractivity contribution < 1.29 is 57.0 Å². The summed E-state index contributed by atoms with van der Waals surface area (Å²) in [5, 5.41) is 55.1. The van der Waals surface area contributed by atoms with Gasteiger partial charge in [-0.05, 0) is 70.6 Å². The zero-order chi connectivity index (χ0) is 45.0. The summed E-state index contributed by atoms with van der Waals surface area (Å²) < 4.78 is 47.5. The highest BCUT2D eigenvalue weighted by molar-refractivity contribution is 7.80. The first kappa shape index (κ1) is 56.8. The predicted molar refractivity (Wildman–Crippen MR) is 242 cm³/mol. The summed E-state index contributed by atoms with van der Waals surface area (Å²) in [6, 6.07) is -1.15. The molecule has 0 aliphatic carbocycles. The molecule has 0 radical (unpaired) electrons. The van der Waals surface area contributed by atoms with E-state index in [9.17, 15) is 43.3 Å². The standard InChI is InChI=1S/C47H83NO12S/c1-3-5-7-9-11-13-15-17-19-20-21-22-24-26-28-30-32-34-36-41(51)46(54)48-39(38-58-47-44(53)45(60-61(55,56)57)43(52)42(37-49)59-47)40(50)35-33-31-29-27-25-23-18-16-14-12-10-8-6-4-2/h11,13-17,25,27,33,35,39-45,47,49-53H,3-10,12,18-24,26,28-32,34,36-38H2,1-2H3,(H,48,54)(H,55,56,57)/b13-11-,16-14+,17-15-,27-25+,35-33+. The number of allylic oxidation sites excluding steroid dienone is 9. The zero-order valence-corrected chi connectivity index (χ0v) is 38.1. The summed E-state index contributed by atoms with van der Waals surface area (Å²) in [5.41, 5.74) is 0. The van der Waals surface area contributed by atoms with Crippen molar-refractivity contribution in [2.45, 2.75) is 217 Å². The van der Waals surface area contributed by atoms with Crippen molar-refractivity contribution in [3.05, 3.63) is 60.8 Å². The lowest BCUT2D eigenvalue weighted by molar-refractivity contribution is -0.298. The largest absolute Gasteiger partial charge is 0.397 e. The molecule has 354 valence electrons. The van der Waals surface area contributed by atoms with E-state index in [1.807, 2.05) is 0 Å². The molecule has 0 aromatic heterocycles. The fourth-order valence-electron chi connectivity index (χ4n) is 6.89. The molecule has 7 N–H and O–H groups in total. The van der Waals surface area contributed by atoms with E-state index in [1.165, 1.54) is 76.7 Å². The van der Waals surface area contributed by atoms with Crippen LogP contribution in [0.5, 0.6) is 0 Å². The van der Waals surface area contributed by atoms with E-state index in [4.69, 9.17) is 9.47 Å². The number of aliphatic hydroxyl groups excluding tert-OH is 5. The number of hydrogen-bond acceptors (Lipinski definition) is 11. The number of nitrogens with one attached hydrogen (secondary N) is 1. The average Bonchev–Trinajstić information content (AvgIpc) is 3.23. The van der Waals surface area contributed by atoms with Gasteiger partial charge in [0.2, 0.25) is 5.91 Å². The van der Waals surface area contributed by atoms with Crippen molar-refractivity contribution in [2.24, 2.45) is 0 Å². The Hall–Kier alpha value is -2.24. The molecule has 14 heteroatoms. The lowest BCUT2D eigenvalue weighted by Crippen LogP contribution is -2.61.